The highest BCUT2D eigenvalue weighted by Gasteiger charge is 2.10. The molecule has 0 aliphatic heterocycles. The Morgan fingerprint density at radius 2 is 1.60 bits per heavy atom. The molecule has 0 saturated heterocycles. The predicted octanol–water partition coefficient (Wildman–Crippen LogP) is 6.54. The summed E-state index contributed by atoms with van der Waals surface area (Å²) >= 11 is 0. The van der Waals surface area contributed by atoms with E-state index in [2.05, 4.69) is 57.2 Å². The average Bonchev–Trinajstić information content (AvgIpc) is 2.66. The Morgan fingerprint density at radius 1 is 0.880 bits per heavy atom. The Hall–Kier alpha value is -1.83. The SMILES string of the molecule is CCCCCOc1ccc(C(C)c2ccc(CCCCC)cn2)cc1. The molecule has 136 valence electrons. The third kappa shape index (κ3) is 6.53. The lowest BCUT2D eigenvalue weighted by atomic mass is 9.96. The third-order valence-electron chi connectivity index (χ3n) is 4.76. The smallest absolute Gasteiger partial charge is 0.119 e. The van der Waals surface area contributed by atoms with Gasteiger partial charge in [-0.2, -0.15) is 0 Å². The quantitative estimate of drug-likeness (QED) is 0.434. The summed E-state index contributed by atoms with van der Waals surface area (Å²) < 4.78 is 5.80. The van der Waals surface area contributed by atoms with Gasteiger partial charge in [0.1, 0.15) is 5.75 Å². The van der Waals surface area contributed by atoms with Gasteiger partial charge >= 0.3 is 0 Å². The molecule has 25 heavy (non-hydrogen) atoms. The third-order valence-corrected chi connectivity index (χ3v) is 4.76. The van der Waals surface area contributed by atoms with Crippen LogP contribution in [0.2, 0.25) is 0 Å². The van der Waals surface area contributed by atoms with E-state index in [1.165, 1.54) is 43.2 Å². The molecule has 1 unspecified atom stereocenters. The number of hydrogen-bond donors (Lipinski definition) is 0. The van der Waals surface area contributed by atoms with E-state index in [0.29, 0.717) is 5.92 Å². The summed E-state index contributed by atoms with van der Waals surface area (Å²) in [6, 6.07) is 12.9. The van der Waals surface area contributed by atoms with E-state index < -0.39 is 0 Å². The van der Waals surface area contributed by atoms with Crippen LogP contribution in [0.15, 0.2) is 42.6 Å². The molecule has 2 rings (SSSR count). The Morgan fingerprint density at radius 3 is 2.24 bits per heavy atom. The summed E-state index contributed by atoms with van der Waals surface area (Å²) in [4.78, 5) is 4.69. The number of aromatic nitrogens is 1. The van der Waals surface area contributed by atoms with Crippen LogP contribution in [-0.2, 0) is 6.42 Å². The van der Waals surface area contributed by atoms with Gasteiger partial charge in [0.25, 0.3) is 0 Å². The van der Waals surface area contributed by atoms with E-state index in [1.807, 2.05) is 6.20 Å². The molecule has 0 spiro atoms. The van der Waals surface area contributed by atoms with Crippen molar-refractivity contribution in [2.45, 2.75) is 71.6 Å². The molecule has 1 heterocycles. The van der Waals surface area contributed by atoms with Crippen molar-refractivity contribution in [3.63, 3.8) is 0 Å². The number of unbranched alkanes of at least 4 members (excludes halogenated alkanes) is 4. The van der Waals surface area contributed by atoms with Crippen molar-refractivity contribution in [1.82, 2.24) is 4.98 Å². The van der Waals surface area contributed by atoms with Gasteiger partial charge in [-0.15, -0.1) is 0 Å². The van der Waals surface area contributed by atoms with Crippen LogP contribution >= 0.6 is 0 Å². The zero-order valence-electron chi connectivity index (χ0n) is 16.1. The molecule has 1 atom stereocenters. The fourth-order valence-electron chi connectivity index (χ4n) is 2.98. The van der Waals surface area contributed by atoms with E-state index in [4.69, 9.17) is 9.72 Å². The number of pyridine rings is 1. The number of ether oxygens (including phenoxy) is 1. The van der Waals surface area contributed by atoms with Crippen LogP contribution in [0.1, 0.15) is 82.0 Å². The highest BCUT2D eigenvalue weighted by atomic mass is 16.5. The van der Waals surface area contributed by atoms with E-state index >= 15 is 0 Å². The topological polar surface area (TPSA) is 22.1 Å². The first-order valence-electron chi connectivity index (χ1n) is 9.92. The van der Waals surface area contributed by atoms with Gasteiger partial charge < -0.3 is 4.74 Å². The Kier molecular flexibility index (Phi) is 8.51. The number of benzene rings is 1. The zero-order valence-corrected chi connectivity index (χ0v) is 16.1. The molecular weight excluding hydrogens is 306 g/mol. The maximum atomic E-state index is 5.80. The molecule has 2 aromatic rings. The van der Waals surface area contributed by atoms with Crippen molar-refractivity contribution < 1.29 is 4.74 Å². The van der Waals surface area contributed by atoms with Gasteiger partial charge in [-0.05, 0) is 48.6 Å². The number of rotatable bonds is 11. The molecule has 1 aromatic heterocycles. The minimum atomic E-state index is 0.304. The molecule has 0 aliphatic rings. The summed E-state index contributed by atoms with van der Waals surface area (Å²) in [6.45, 7) is 7.48. The summed E-state index contributed by atoms with van der Waals surface area (Å²) in [5.41, 5.74) is 3.77. The second-order valence-electron chi connectivity index (χ2n) is 6.89. The molecule has 0 radical (unpaired) electrons. The Bertz CT molecular complexity index is 588. The van der Waals surface area contributed by atoms with Crippen LogP contribution in [0.4, 0.5) is 0 Å². The fourth-order valence-corrected chi connectivity index (χ4v) is 2.98. The van der Waals surface area contributed by atoms with Crippen LogP contribution in [-0.4, -0.2) is 11.6 Å². The average molecular weight is 340 g/mol. The molecule has 0 bridgehead atoms. The highest BCUT2D eigenvalue weighted by molar-refractivity contribution is 5.33. The standard InChI is InChI=1S/C23H33NO/c1-4-6-8-10-20-11-16-23(24-18-20)19(3)21-12-14-22(15-13-21)25-17-9-7-5-2/h11-16,18-19H,4-10,17H2,1-3H3. The van der Waals surface area contributed by atoms with E-state index in [-0.39, 0.29) is 0 Å². The van der Waals surface area contributed by atoms with E-state index in [1.54, 1.807) is 0 Å². The lowest BCUT2D eigenvalue weighted by Gasteiger charge is -2.13. The Balaban J connectivity index is 1.89. The zero-order chi connectivity index (χ0) is 17.9. The summed E-state index contributed by atoms with van der Waals surface area (Å²) in [6.07, 6.45) is 10.6. The normalized spacial score (nSPS) is 12.1. The first-order chi connectivity index (χ1) is 12.2. The van der Waals surface area contributed by atoms with Crippen LogP contribution in [0.5, 0.6) is 5.75 Å². The number of hydrogen-bond acceptors (Lipinski definition) is 2. The van der Waals surface area contributed by atoms with Gasteiger partial charge in [-0.3, -0.25) is 4.98 Å². The van der Waals surface area contributed by atoms with Crippen molar-refractivity contribution >= 4 is 0 Å². The first-order valence-corrected chi connectivity index (χ1v) is 9.92. The van der Waals surface area contributed by atoms with Crippen molar-refractivity contribution in [2.24, 2.45) is 0 Å². The predicted molar refractivity (Wildman–Crippen MR) is 106 cm³/mol. The molecule has 1 aromatic carbocycles. The van der Waals surface area contributed by atoms with Crippen LogP contribution in [0, 0.1) is 0 Å². The van der Waals surface area contributed by atoms with Gasteiger partial charge in [0.2, 0.25) is 0 Å². The summed E-state index contributed by atoms with van der Waals surface area (Å²) in [5.74, 6) is 1.27. The molecule has 2 heteroatoms. The van der Waals surface area contributed by atoms with Gasteiger partial charge in [-0.1, -0.05) is 64.7 Å². The second-order valence-corrected chi connectivity index (χ2v) is 6.89. The second kappa shape index (κ2) is 10.9. The highest BCUT2D eigenvalue weighted by Crippen LogP contribution is 2.25. The van der Waals surface area contributed by atoms with Gasteiger partial charge in [0, 0.05) is 17.8 Å². The maximum absolute atomic E-state index is 5.80. The molecule has 0 aliphatic carbocycles. The molecule has 0 saturated carbocycles. The van der Waals surface area contributed by atoms with Crippen molar-refractivity contribution in [2.75, 3.05) is 6.61 Å². The first kappa shape index (κ1) is 19.5. The molecule has 2 nitrogen and oxygen atoms in total. The lowest BCUT2D eigenvalue weighted by molar-refractivity contribution is 0.306. The fraction of sp³-hybridized carbons (Fsp3) is 0.522. The van der Waals surface area contributed by atoms with Gasteiger partial charge in [0.15, 0.2) is 0 Å². The van der Waals surface area contributed by atoms with Crippen molar-refractivity contribution in [3.05, 3.63) is 59.4 Å². The monoisotopic (exact) mass is 339 g/mol. The Labute approximate surface area is 153 Å². The van der Waals surface area contributed by atoms with Crippen molar-refractivity contribution in [3.8, 4) is 5.75 Å². The largest absolute Gasteiger partial charge is 0.494 e. The molecule has 0 N–H and O–H groups in total. The van der Waals surface area contributed by atoms with Crippen LogP contribution in [0.25, 0.3) is 0 Å². The van der Waals surface area contributed by atoms with Gasteiger partial charge in [0.05, 0.1) is 6.61 Å². The molecule has 0 amide bonds. The van der Waals surface area contributed by atoms with Crippen LogP contribution in [0.3, 0.4) is 0 Å². The van der Waals surface area contributed by atoms with E-state index in [0.717, 1.165) is 30.9 Å². The van der Waals surface area contributed by atoms with Crippen molar-refractivity contribution in [1.29, 1.82) is 0 Å². The maximum Gasteiger partial charge on any atom is 0.119 e. The summed E-state index contributed by atoms with van der Waals surface area (Å²) in [5, 5.41) is 0. The number of aryl methyl sites for hydroxylation is 1. The number of nitrogens with zero attached hydrogens (tertiary/aromatic N) is 1. The molecule has 0 fully saturated rings. The minimum Gasteiger partial charge on any atom is -0.494 e. The molecular formula is C23H33NO. The minimum absolute atomic E-state index is 0.304. The van der Waals surface area contributed by atoms with Gasteiger partial charge in [-0.25, -0.2) is 0 Å². The van der Waals surface area contributed by atoms with E-state index in [9.17, 15) is 0 Å². The summed E-state index contributed by atoms with van der Waals surface area (Å²) in [7, 11) is 0. The lowest BCUT2D eigenvalue weighted by Crippen LogP contribution is -2.01. The van der Waals surface area contributed by atoms with Crippen LogP contribution < -0.4 is 4.74 Å².